The van der Waals surface area contributed by atoms with Crippen molar-refractivity contribution >= 4 is 27.6 Å². The lowest BCUT2D eigenvalue weighted by atomic mass is 10.1. The lowest BCUT2D eigenvalue weighted by Gasteiger charge is -2.09. The molecule has 2 aromatic rings. The molecule has 26 heavy (non-hydrogen) atoms. The second kappa shape index (κ2) is 7.78. The highest BCUT2D eigenvalue weighted by Gasteiger charge is 2.25. The molecule has 0 saturated heterocycles. The number of fused-ring (bicyclic) bond motifs is 1. The summed E-state index contributed by atoms with van der Waals surface area (Å²) in [5.74, 6) is 1.13. The molecule has 0 aliphatic heterocycles. The van der Waals surface area contributed by atoms with Gasteiger partial charge in [-0.05, 0) is 48.7 Å². The maximum atomic E-state index is 12.3. The van der Waals surface area contributed by atoms with Crippen molar-refractivity contribution < 1.29 is 23.8 Å². The van der Waals surface area contributed by atoms with Crippen molar-refractivity contribution in [3.63, 3.8) is 0 Å². The highest BCUT2D eigenvalue weighted by Crippen LogP contribution is 2.36. The third-order valence-corrected chi connectivity index (χ3v) is 4.94. The van der Waals surface area contributed by atoms with Crippen molar-refractivity contribution in [2.75, 3.05) is 21.3 Å². The molecule has 0 saturated carbocycles. The number of carbonyl (C=O) groups excluding carboxylic acids is 1. The molecule has 2 aromatic carbocycles. The summed E-state index contributed by atoms with van der Waals surface area (Å²) in [6.45, 7) is 0. The van der Waals surface area contributed by atoms with Gasteiger partial charge >= 0.3 is 5.97 Å². The topological polar surface area (TPSA) is 66.4 Å². The van der Waals surface area contributed by atoms with Gasteiger partial charge in [-0.3, -0.25) is 0 Å². The number of rotatable bonds is 5. The Morgan fingerprint density at radius 1 is 0.962 bits per heavy atom. The summed E-state index contributed by atoms with van der Waals surface area (Å²) in [5.41, 5.74) is 2.99. The number of methoxy groups -OCH3 is 3. The van der Waals surface area contributed by atoms with Crippen LogP contribution >= 0.6 is 15.9 Å². The zero-order chi connectivity index (χ0) is 18.7. The van der Waals surface area contributed by atoms with Gasteiger partial charge in [0, 0.05) is 10.0 Å². The molecular weight excluding hydrogens is 402 g/mol. The van der Waals surface area contributed by atoms with Gasteiger partial charge in [0.05, 0.1) is 32.6 Å². The molecule has 0 spiro atoms. The first kappa shape index (κ1) is 18.3. The summed E-state index contributed by atoms with van der Waals surface area (Å²) < 4.78 is 16.8. The van der Waals surface area contributed by atoms with Gasteiger partial charge in [0.25, 0.3) is 0 Å². The van der Waals surface area contributed by atoms with E-state index in [0.29, 0.717) is 34.9 Å². The van der Waals surface area contributed by atoms with E-state index in [4.69, 9.17) is 19.0 Å². The van der Waals surface area contributed by atoms with Gasteiger partial charge in [-0.2, -0.15) is 0 Å². The van der Waals surface area contributed by atoms with Crippen molar-refractivity contribution in [3.8, 4) is 17.2 Å². The lowest BCUT2D eigenvalue weighted by molar-refractivity contribution is 0.0515. The van der Waals surface area contributed by atoms with Crippen LogP contribution in [-0.2, 0) is 11.3 Å². The van der Waals surface area contributed by atoms with Crippen LogP contribution in [0.5, 0.6) is 17.2 Å². The summed E-state index contributed by atoms with van der Waals surface area (Å²) >= 11 is 3.54. The van der Waals surface area contributed by atoms with Gasteiger partial charge in [0.2, 0.25) is 0 Å². The first-order chi connectivity index (χ1) is 12.6. The Morgan fingerprint density at radius 3 is 2.35 bits per heavy atom. The predicted molar refractivity (Wildman–Crippen MR) is 101 cm³/mol. The molecule has 0 radical (unpaired) electrons. The van der Waals surface area contributed by atoms with Crippen LogP contribution in [-0.4, -0.2) is 33.0 Å². The van der Waals surface area contributed by atoms with Gasteiger partial charge < -0.3 is 19.0 Å². The third kappa shape index (κ3) is 3.39. The molecule has 1 aliphatic rings. The van der Waals surface area contributed by atoms with Crippen LogP contribution in [0.1, 0.15) is 27.9 Å². The van der Waals surface area contributed by atoms with Crippen molar-refractivity contribution in [2.45, 2.75) is 12.8 Å². The fourth-order valence-corrected chi connectivity index (χ4v) is 3.43. The Bertz CT molecular complexity index is 878. The Labute approximate surface area is 159 Å². The summed E-state index contributed by atoms with van der Waals surface area (Å²) in [7, 11) is 4.65. The van der Waals surface area contributed by atoms with Crippen LogP contribution in [0.2, 0.25) is 0 Å². The number of oxime groups is 1. The van der Waals surface area contributed by atoms with Gasteiger partial charge in [0.15, 0.2) is 11.5 Å². The van der Waals surface area contributed by atoms with Crippen LogP contribution in [0.3, 0.4) is 0 Å². The minimum atomic E-state index is -0.569. The minimum Gasteiger partial charge on any atom is -0.496 e. The molecule has 0 N–H and O–H groups in total. The summed E-state index contributed by atoms with van der Waals surface area (Å²) in [6, 6.07) is 8.61. The molecule has 3 rings (SSSR count). The molecule has 6 nitrogen and oxygen atoms in total. The summed E-state index contributed by atoms with van der Waals surface area (Å²) in [4.78, 5) is 17.5. The normalized spacial score (nSPS) is 14.1. The fourth-order valence-electron chi connectivity index (χ4n) is 2.90. The standard InChI is InChI=1S/C19H18BrNO5/c1-23-15-8-4-11(10-17(15)25-3)19(22)26-21-14-7-5-12-13(20)6-9-16(24-2)18(12)14/h4,6,8-10H,5,7H2,1-3H3/b21-14+. The highest BCUT2D eigenvalue weighted by atomic mass is 79.9. The van der Waals surface area contributed by atoms with E-state index in [1.54, 1.807) is 25.3 Å². The van der Waals surface area contributed by atoms with E-state index in [0.717, 1.165) is 22.0 Å². The number of nitrogens with zero attached hydrogens (tertiary/aromatic N) is 1. The van der Waals surface area contributed by atoms with Gasteiger partial charge in [-0.15, -0.1) is 0 Å². The van der Waals surface area contributed by atoms with Gasteiger partial charge in [0.1, 0.15) is 5.75 Å². The molecule has 7 heteroatoms. The van der Waals surface area contributed by atoms with E-state index < -0.39 is 5.97 Å². The average Bonchev–Trinajstić information content (AvgIpc) is 3.11. The second-order valence-electron chi connectivity index (χ2n) is 5.59. The zero-order valence-electron chi connectivity index (χ0n) is 14.7. The fraction of sp³-hybridized carbons (Fsp3) is 0.263. The number of ether oxygens (including phenoxy) is 3. The molecule has 0 fully saturated rings. The Balaban J connectivity index is 1.84. The van der Waals surface area contributed by atoms with E-state index in [-0.39, 0.29) is 0 Å². The molecule has 0 heterocycles. The minimum absolute atomic E-state index is 0.325. The maximum Gasteiger partial charge on any atom is 0.365 e. The van der Waals surface area contributed by atoms with Gasteiger partial charge in [-0.1, -0.05) is 21.1 Å². The number of carbonyl (C=O) groups is 1. The second-order valence-corrected chi connectivity index (χ2v) is 6.44. The SMILES string of the molecule is COc1ccc(C(=O)O/N=C2\CCc3c(Br)ccc(OC)c32)cc1OC. The average molecular weight is 420 g/mol. The third-order valence-electron chi connectivity index (χ3n) is 4.20. The van der Waals surface area contributed by atoms with E-state index in [2.05, 4.69) is 21.1 Å². The zero-order valence-corrected chi connectivity index (χ0v) is 16.3. The molecule has 0 aromatic heterocycles. The lowest BCUT2D eigenvalue weighted by Crippen LogP contribution is -2.06. The molecule has 0 bridgehead atoms. The van der Waals surface area contributed by atoms with E-state index in [1.807, 2.05) is 12.1 Å². The molecule has 136 valence electrons. The Kier molecular flexibility index (Phi) is 5.46. The van der Waals surface area contributed by atoms with Crippen molar-refractivity contribution in [1.82, 2.24) is 0 Å². The molecule has 0 atom stereocenters. The maximum absolute atomic E-state index is 12.3. The number of hydrogen-bond acceptors (Lipinski definition) is 6. The van der Waals surface area contributed by atoms with Crippen LogP contribution < -0.4 is 14.2 Å². The highest BCUT2D eigenvalue weighted by molar-refractivity contribution is 9.10. The van der Waals surface area contributed by atoms with E-state index >= 15 is 0 Å². The molecule has 1 aliphatic carbocycles. The monoisotopic (exact) mass is 419 g/mol. The number of benzene rings is 2. The van der Waals surface area contributed by atoms with E-state index in [9.17, 15) is 4.79 Å². The van der Waals surface area contributed by atoms with Crippen LogP contribution in [0, 0.1) is 0 Å². The van der Waals surface area contributed by atoms with Crippen molar-refractivity contribution in [1.29, 1.82) is 0 Å². The van der Waals surface area contributed by atoms with E-state index in [1.165, 1.54) is 14.2 Å². The first-order valence-electron chi connectivity index (χ1n) is 7.95. The van der Waals surface area contributed by atoms with Crippen LogP contribution in [0.25, 0.3) is 0 Å². The van der Waals surface area contributed by atoms with Crippen LogP contribution in [0.15, 0.2) is 40.0 Å². The quantitative estimate of drug-likeness (QED) is 0.541. The summed E-state index contributed by atoms with van der Waals surface area (Å²) in [5, 5.41) is 4.08. The largest absolute Gasteiger partial charge is 0.496 e. The smallest absolute Gasteiger partial charge is 0.365 e. The molecular formula is C19H18BrNO5. The predicted octanol–water partition coefficient (Wildman–Crippen LogP) is 3.98. The van der Waals surface area contributed by atoms with Crippen molar-refractivity contribution in [2.24, 2.45) is 5.16 Å². The Morgan fingerprint density at radius 2 is 1.65 bits per heavy atom. The Hall–Kier alpha value is -2.54. The summed E-state index contributed by atoms with van der Waals surface area (Å²) in [6.07, 6.45) is 1.48. The molecule has 0 unspecified atom stereocenters. The first-order valence-corrected chi connectivity index (χ1v) is 8.74. The number of halogens is 1. The van der Waals surface area contributed by atoms with Crippen LogP contribution in [0.4, 0.5) is 0 Å². The van der Waals surface area contributed by atoms with Gasteiger partial charge in [-0.25, -0.2) is 4.79 Å². The number of hydrogen-bond donors (Lipinski definition) is 0. The molecule has 0 amide bonds. The van der Waals surface area contributed by atoms with Crippen molar-refractivity contribution in [3.05, 3.63) is 51.5 Å².